The number of furan rings is 1. The molecule has 0 saturated carbocycles. The summed E-state index contributed by atoms with van der Waals surface area (Å²) in [4.78, 5) is 0. The van der Waals surface area contributed by atoms with Crippen molar-refractivity contribution in [3.05, 3.63) is 71.3 Å². The van der Waals surface area contributed by atoms with Gasteiger partial charge in [0.1, 0.15) is 17.3 Å². The van der Waals surface area contributed by atoms with Crippen LogP contribution in [0.5, 0.6) is 5.75 Å². The molecule has 4 rings (SSSR count). The Labute approximate surface area is 145 Å². The van der Waals surface area contributed by atoms with Crippen LogP contribution >= 0.6 is 0 Å². The molecule has 1 heterocycles. The van der Waals surface area contributed by atoms with Crippen LogP contribution < -0.4 is 0 Å². The Morgan fingerprint density at radius 2 is 1.64 bits per heavy atom. The molecule has 0 unspecified atom stereocenters. The zero-order valence-electron chi connectivity index (χ0n) is 13.5. The fraction of sp³-hybridized carbons (Fsp3) is 0.143. The summed E-state index contributed by atoms with van der Waals surface area (Å²) >= 11 is 0. The highest BCUT2D eigenvalue weighted by molar-refractivity contribution is 5.71. The fourth-order valence-electron chi connectivity index (χ4n) is 3.14. The van der Waals surface area contributed by atoms with Crippen LogP contribution in [0.1, 0.15) is 16.7 Å². The van der Waals surface area contributed by atoms with E-state index in [2.05, 4.69) is 30.4 Å². The average Bonchev–Trinajstić information content (AvgIpc) is 3.24. The first-order valence-corrected chi connectivity index (χ1v) is 8.18. The van der Waals surface area contributed by atoms with E-state index in [1.165, 1.54) is 11.1 Å². The molecule has 0 amide bonds. The van der Waals surface area contributed by atoms with Gasteiger partial charge in [-0.15, -0.1) is 0 Å². The Morgan fingerprint density at radius 3 is 2.36 bits per heavy atom. The van der Waals surface area contributed by atoms with Crippen LogP contribution in [0.4, 0.5) is 0 Å². The highest BCUT2D eigenvalue weighted by Gasteiger charge is 2.12. The topological polar surface area (TPSA) is 73.8 Å². The van der Waals surface area contributed by atoms with Gasteiger partial charge in [0.2, 0.25) is 0 Å². The minimum atomic E-state index is -1.49. The molecule has 0 aliphatic heterocycles. The van der Waals surface area contributed by atoms with Gasteiger partial charge >= 0.3 is 0 Å². The van der Waals surface area contributed by atoms with Gasteiger partial charge in [0.15, 0.2) is 6.29 Å². The van der Waals surface area contributed by atoms with Crippen molar-refractivity contribution in [2.45, 2.75) is 19.1 Å². The number of allylic oxidation sites excluding steroid dienone is 1. The van der Waals surface area contributed by atoms with E-state index in [-0.39, 0.29) is 12.2 Å². The van der Waals surface area contributed by atoms with Gasteiger partial charge in [-0.1, -0.05) is 36.4 Å². The minimum Gasteiger partial charge on any atom is -0.508 e. The van der Waals surface area contributed by atoms with Crippen LogP contribution in [0.25, 0.3) is 28.7 Å². The van der Waals surface area contributed by atoms with Gasteiger partial charge in [-0.3, -0.25) is 0 Å². The summed E-state index contributed by atoms with van der Waals surface area (Å²) in [5.41, 5.74) is 4.78. The Hall–Kier alpha value is -2.82. The molecule has 0 bridgehead atoms. The van der Waals surface area contributed by atoms with Crippen molar-refractivity contribution >= 4 is 6.08 Å². The van der Waals surface area contributed by atoms with E-state index >= 15 is 0 Å². The Kier molecular flexibility index (Phi) is 3.92. The van der Waals surface area contributed by atoms with Gasteiger partial charge in [-0.25, -0.2) is 0 Å². The van der Waals surface area contributed by atoms with Gasteiger partial charge in [0, 0.05) is 17.5 Å². The second-order valence-corrected chi connectivity index (χ2v) is 6.21. The van der Waals surface area contributed by atoms with E-state index in [1.807, 2.05) is 12.1 Å². The molecule has 3 aromatic rings. The first kappa shape index (κ1) is 15.7. The molecule has 2 aromatic carbocycles. The zero-order valence-corrected chi connectivity index (χ0v) is 13.5. The number of phenolic OH excluding ortho intramolecular Hbond substituents is 1. The molecule has 0 atom stereocenters. The van der Waals surface area contributed by atoms with Crippen molar-refractivity contribution in [3.63, 3.8) is 0 Å². The highest BCUT2D eigenvalue weighted by Crippen LogP contribution is 2.33. The van der Waals surface area contributed by atoms with Crippen LogP contribution in [0.2, 0.25) is 0 Å². The second kappa shape index (κ2) is 6.24. The number of aliphatic hydroxyl groups is 2. The lowest BCUT2D eigenvalue weighted by Gasteiger charge is -2.07. The Bertz CT molecular complexity index is 950. The summed E-state index contributed by atoms with van der Waals surface area (Å²) in [5, 5.41) is 28.1. The molecule has 0 radical (unpaired) electrons. The predicted octanol–water partition coefficient (Wildman–Crippen LogP) is 3.74. The smallest absolute Gasteiger partial charge is 0.155 e. The summed E-state index contributed by atoms with van der Waals surface area (Å²) in [5.74, 6) is 1.44. The fourth-order valence-corrected chi connectivity index (χ4v) is 3.14. The number of benzene rings is 2. The normalized spacial score (nSPS) is 12.8. The maximum absolute atomic E-state index is 10.1. The lowest BCUT2D eigenvalue weighted by molar-refractivity contribution is -0.0384. The standard InChI is InChI=1S/C21H18O4/c22-18-11-17(7-5-15(18)12-21(23)24)20-9-8-19(25-20)16-6-4-13-2-1-3-14(13)10-16/h1,3-11,21-24H,2,12H2. The van der Waals surface area contributed by atoms with Crippen LogP contribution in [0.15, 0.2) is 59.0 Å². The van der Waals surface area contributed by atoms with Gasteiger partial charge < -0.3 is 19.7 Å². The molecule has 0 spiro atoms. The number of rotatable bonds is 4. The maximum atomic E-state index is 10.1. The molecule has 1 aromatic heterocycles. The number of fused-ring (bicyclic) bond motifs is 1. The van der Waals surface area contributed by atoms with E-state index in [4.69, 9.17) is 14.6 Å². The maximum Gasteiger partial charge on any atom is 0.155 e. The quantitative estimate of drug-likeness (QED) is 0.636. The third-order valence-corrected chi connectivity index (χ3v) is 4.44. The van der Waals surface area contributed by atoms with E-state index in [0.29, 0.717) is 11.3 Å². The van der Waals surface area contributed by atoms with E-state index in [9.17, 15) is 5.11 Å². The van der Waals surface area contributed by atoms with Crippen LogP contribution in [-0.2, 0) is 12.8 Å². The van der Waals surface area contributed by atoms with Crippen molar-refractivity contribution < 1.29 is 19.7 Å². The summed E-state index contributed by atoms with van der Waals surface area (Å²) in [6.45, 7) is 0. The number of aromatic hydroxyl groups is 1. The number of aliphatic hydroxyl groups excluding tert-OH is 1. The second-order valence-electron chi connectivity index (χ2n) is 6.21. The SMILES string of the molecule is Oc1cc(-c2ccc(-c3ccc4c(c3)C=CC4)o2)ccc1CC(O)O. The van der Waals surface area contributed by atoms with Gasteiger partial charge in [-0.05, 0) is 47.4 Å². The summed E-state index contributed by atoms with van der Waals surface area (Å²) in [6.07, 6.45) is 3.75. The molecule has 126 valence electrons. The zero-order chi connectivity index (χ0) is 17.4. The van der Waals surface area contributed by atoms with Crippen molar-refractivity contribution in [1.82, 2.24) is 0 Å². The molecule has 3 N–H and O–H groups in total. The van der Waals surface area contributed by atoms with Crippen LogP contribution in [-0.4, -0.2) is 21.6 Å². The number of hydrogen-bond acceptors (Lipinski definition) is 4. The van der Waals surface area contributed by atoms with Gasteiger partial charge in [0.05, 0.1) is 0 Å². The summed E-state index contributed by atoms with van der Waals surface area (Å²) in [7, 11) is 0. The monoisotopic (exact) mass is 334 g/mol. The minimum absolute atomic E-state index is 0.0157. The predicted molar refractivity (Wildman–Crippen MR) is 95.9 cm³/mol. The van der Waals surface area contributed by atoms with E-state index < -0.39 is 6.29 Å². The number of hydrogen-bond donors (Lipinski definition) is 3. The van der Waals surface area contributed by atoms with E-state index in [1.54, 1.807) is 18.2 Å². The Balaban J connectivity index is 1.63. The first-order chi connectivity index (χ1) is 12.1. The van der Waals surface area contributed by atoms with Gasteiger partial charge in [0.25, 0.3) is 0 Å². The van der Waals surface area contributed by atoms with Crippen molar-refractivity contribution in [2.75, 3.05) is 0 Å². The largest absolute Gasteiger partial charge is 0.508 e. The molecule has 0 fully saturated rings. The van der Waals surface area contributed by atoms with Gasteiger partial charge in [-0.2, -0.15) is 0 Å². The van der Waals surface area contributed by atoms with E-state index in [0.717, 1.165) is 23.3 Å². The molecular formula is C21H18O4. The highest BCUT2D eigenvalue weighted by atomic mass is 16.5. The summed E-state index contributed by atoms with van der Waals surface area (Å²) in [6, 6.07) is 15.1. The number of phenols is 1. The molecule has 1 aliphatic carbocycles. The molecule has 1 aliphatic rings. The molecule has 4 nitrogen and oxygen atoms in total. The molecular weight excluding hydrogens is 316 g/mol. The molecule has 4 heteroatoms. The van der Waals surface area contributed by atoms with Crippen LogP contribution in [0.3, 0.4) is 0 Å². The van der Waals surface area contributed by atoms with Crippen molar-refractivity contribution in [2.24, 2.45) is 0 Å². The summed E-state index contributed by atoms with van der Waals surface area (Å²) < 4.78 is 5.96. The first-order valence-electron chi connectivity index (χ1n) is 8.18. The third-order valence-electron chi connectivity index (χ3n) is 4.44. The average molecular weight is 334 g/mol. The Morgan fingerprint density at radius 1 is 0.920 bits per heavy atom. The molecule has 0 saturated heterocycles. The van der Waals surface area contributed by atoms with Crippen molar-refractivity contribution in [1.29, 1.82) is 0 Å². The van der Waals surface area contributed by atoms with Crippen molar-refractivity contribution in [3.8, 4) is 28.4 Å². The molecule has 25 heavy (non-hydrogen) atoms. The lowest BCUT2D eigenvalue weighted by atomic mass is 10.0. The third kappa shape index (κ3) is 3.09. The van der Waals surface area contributed by atoms with Crippen LogP contribution in [0, 0.1) is 0 Å². The lowest BCUT2D eigenvalue weighted by Crippen LogP contribution is -2.08.